The number of aryl methyl sites for hydroxylation is 1. The van der Waals surface area contributed by atoms with Crippen LogP contribution in [0.1, 0.15) is 29.8 Å². The summed E-state index contributed by atoms with van der Waals surface area (Å²) in [5.74, 6) is -3.74. The summed E-state index contributed by atoms with van der Waals surface area (Å²) >= 11 is 0. The fourth-order valence-corrected chi connectivity index (χ4v) is 3.54. The molecule has 0 radical (unpaired) electrons. The first-order valence-electron chi connectivity index (χ1n) is 10.5. The minimum Gasteiger partial charge on any atom is -0.395 e. The van der Waals surface area contributed by atoms with Crippen molar-refractivity contribution in [1.82, 2.24) is 9.80 Å². The Balaban J connectivity index is 0.00000176. The number of aliphatic hydroxyl groups is 2. The zero-order valence-electron chi connectivity index (χ0n) is 18.8. The molecule has 1 amide bonds. The van der Waals surface area contributed by atoms with Crippen LogP contribution in [-0.2, 0) is 0 Å². The van der Waals surface area contributed by atoms with Gasteiger partial charge in [-0.15, -0.1) is 0 Å². The first-order chi connectivity index (χ1) is 15.1. The Morgan fingerprint density at radius 1 is 1.16 bits per heavy atom. The summed E-state index contributed by atoms with van der Waals surface area (Å²) in [5.41, 5.74) is -1.23. The largest absolute Gasteiger partial charge is 0.395 e. The van der Waals surface area contributed by atoms with E-state index in [1.807, 2.05) is 13.8 Å². The second kappa shape index (κ2) is 10.8. The van der Waals surface area contributed by atoms with Gasteiger partial charge in [-0.25, -0.2) is 13.2 Å². The number of likely N-dealkylation sites (N-methyl/N-ethyl adjacent to an activating group) is 1. The summed E-state index contributed by atoms with van der Waals surface area (Å²) in [6, 6.07) is 6.18. The third kappa shape index (κ3) is 5.79. The number of amides is 1. The number of anilines is 2. The second-order valence-electron chi connectivity index (χ2n) is 7.74. The zero-order chi connectivity index (χ0) is 24.1. The van der Waals surface area contributed by atoms with Crippen LogP contribution in [0.5, 0.6) is 0 Å². The van der Waals surface area contributed by atoms with E-state index < -0.39 is 34.6 Å². The van der Waals surface area contributed by atoms with Crippen LogP contribution >= 0.6 is 0 Å². The molecule has 0 unspecified atom stereocenters. The van der Waals surface area contributed by atoms with E-state index in [2.05, 4.69) is 5.32 Å². The van der Waals surface area contributed by atoms with Gasteiger partial charge in [0.15, 0.2) is 11.6 Å². The Morgan fingerprint density at radius 3 is 2.41 bits per heavy atom. The standard InChI is InChI=1S/C21H24F3N3O3.C2H6/c1-13-3-6-17(16(23)9-13)25-19-14(4-5-15(22)18(19)24)20(29)27-11-21(30,12-27)10-26(2)7-8-28;1-2/h3-6,9,25,28,30H,7-8,10-12H2,1-2H3;1-2H3. The van der Waals surface area contributed by atoms with E-state index in [9.17, 15) is 23.1 Å². The number of hydrogen-bond donors (Lipinski definition) is 3. The lowest BCUT2D eigenvalue weighted by molar-refractivity contribution is -0.0955. The zero-order valence-corrected chi connectivity index (χ0v) is 18.8. The summed E-state index contributed by atoms with van der Waals surface area (Å²) < 4.78 is 42.5. The molecular formula is C23H30F3N3O3. The predicted octanol–water partition coefficient (Wildman–Crippen LogP) is 3.29. The Morgan fingerprint density at radius 2 is 1.81 bits per heavy atom. The molecular weight excluding hydrogens is 423 g/mol. The number of carbonyl (C=O) groups is 1. The SMILES string of the molecule is CC.Cc1ccc(Nc2c(C(=O)N3CC(O)(CN(C)CCO)C3)ccc(F)c2F)c(F)c1. The Bertz CT molecular complexity index is 950. The van der Waals surface area contributed by atoms with Gasteiger partial charge in [-0.3, -0.25) is 4.79 Å². The van der Waals surface area contributed by atoms with Gasteiger partial charge in [-0.05, 0) is 43.8 Å². The average Bonchev–Trinajstić information content (AvgIpc) is 2.72. The maximum Gasteiger partial charge on any atom is 0.256 e. The minimum atomic E-state index is -1.29. The quantitative estimate of drug-likeness (QED) is 0.600. The molecule has 0 aromatic heterocycles. The second-order valence-corrected chi connectivity index (χ2v) is 7.74. The van der Waals surface area contributed by atoms with Gasteiger partial charge in [0.2, 0.25) is 0 Å². The highest BCUT2D eigenvalue weighted by Gasteiger charge is 2.45. The third-order valence-electron chi connectivity index (χ3n) is 5.01. The van der Waals surface area contributed by atoms with Gasteiger partial charge in [0, 0.05) is 13.1 Å². The van der Waals surface area contributed by atoms with Crippen molar-refractivity contribution in [3.8, 4) is 0 Å². The lowest BCUT2D eigenvalue weighted by Crippen LogP contribution is -2.67. The van der Waals surface area contributed by atoms with Crippen LogP contribution < -0.4 is 5.32 Å². The van der Waals surface area contributed by atoms with Crippen LogP contribution in [0.25, 0.3) is 0 Å². The lowest BCUT2D eigenvalue weighted by atomic mass is 9.92. The first-order valence-corrected chi connectivity index (χ1v) is 10.5. The van der Waals surface area contributed by atoms with Gasteiger partial charge in [-0.1, -0.05) is 19.9 Å². The van der Waals surface area contributed by atoms with Crippen molar-refractivity contribution in [2.24, 2.45) is 0 Å². The van der Waals surface area contributed by atoms with Crippen LogP contribution in [0, 0.1) is 24.4 Å². The fourth-order valence-electron chi connectivity index (χ4n) is 3.54. The van der Waals surface area contributed by atoms with Gasteiger partial charge < -0.3 is 25.3 Å². The molecule has 1 saturated heterocycles. The van der Waals surface area contributed by atoms with E-state index in [1.54, 1.807) is 24.9 Å². The molecule has 0 aliphatic carbocycles. The summed E-state index contributed by atoms with van der Waals surface area (Å²) in [6.07, 6.45) is 0. The monoisotopic (exact) mass is 453 g/mol. The molecule has 6 nitrogen and oxygen atoms in total. The fraction of sp³-hybridized carbons (Fsp3) is 0.435. The van der Waals surface area contributed by atoms with Crippen molar-refractivity contribution in [3.63, 3.8) is 0 Å². The van der Waals surface area contributed by atoms with Crippen LogP contribution in [0.3, 0.4) is 0 Å². The summed E-state index contributed by atoms with van der Waals surface area (Å²) in [5, 5.41) is 22.0. The van der Waals surface area contributed by atoms with Crippen LogP contribution in [0.4, 0.5) is 24.5 Å². The molecule has 32 heavy (non-hydrogen) atoms. The molecule has 3 rings (SSSR count). The molecule has 1 aliphatic heterocycles. The van der Waals surface area contributed by atoms with Crippen LogP contribution in [-0.4, -0.2) is 71.4 Å². The van der Waals surface area contributed by atoms with Gasteiger partial charge in [-0.2, -0.15) is 0 Å². The highest BCUT2D eigenvalue weighted by molar-refractivity contribution is 6.01. The van der Waals surface area contributed by atoms with Gasteiger partial charge in [0.25, 0.3) is 5.91 Å². The van der Waals surface area contributed by atoms with Gasteiger partial charge in [0.05, 0.1) is 36.6 Å². The Kier molecular flexibility index (Phi) is 8.65. The summed E-state index contributed by atoms with van der Waals surface area (Å²) in [7, 11) is 1.73. The number of β-amino-alcohol motifs (C(OH)–C–C–N with tert-alkyl or cyclic N) is 1. The van der Waals surface area contributed by atoms with Gasteiger partial charge >= 0.3 is 0 Å². The number of benzene rings is 2. The average molecular weight is 454 g/mol. The van der Waals surface area contributed by atoms with E-state index >= 15 is 0 Å². The van der Waals surface area contributed by atoms with E-state index in [-0.39, 0.29) is 37.5 Å². The predicted molar refractivity (Wildman–Crippen MR) is 118 cm³/mol. The molecule has 1 fully saturated rings. The number of halogens is 3. The van der Waals surface area contributed by atoms with Crippen molar-refractivity contribution in [3.05, 3.63) is 58.9 Å². The number of rotatable bonds is 7. The highest BCUT2D eigenvalue weighted by atomic mass is 19.2. The molecule has 0 saturated carbocycles. The first kappa shape index (κ1) is 25.6. The summed E-state index contributed by atoms with van der Waals surface area (Å²) in [6.45, 7) is 6.24. The van der Waals surface area contributed by atoms with Crippen molar-refractivity contribution in [1.29, 1.82) is 0 Å². The molecule has 176 valence electrons. The molecule has 1 heterocycles. The Hall–Kier alpha value is -2.62. The molecule has 0 spiro atoms. The minimum absolute atomic E-state index is 0.00106. The van der Waals surface area contributed by atoms with Crippen LogP contribution in [0.2, 0.25) is 0 Å². The number of aliphatic hydroxyl groups excluding tert-OH is 1. The molecule has 9 heteroatoms. The van der Waals surface area contributed by atoms with Crippen molar-refractivity contribution >= 4 is 17.3 Å². The Labute approximate surface area is 186 Å². The number of nitrogens with one attached hydrogen (secondary N) is 1. The third-order valence-corrected chi connectivity index (χ3v) is 5.01. The molecule has 2 aromatic carbocycles. The van der Waals surface area contributed by atoms with Crippen molar-refractivity contribution in [2.45, 2.75) is 26.4 Å². The number of carbonyl (C=O) groups excluding carboxylic acids is 1. The van der Waals surface area contributed by atoms with Crippen LogP contribution in [0.15, 0.2) is 30.3 Å². The number of hydrogen-bond acceptors (Lipinski definition) is 5. The van der Waals surface area contributed by atoms with Gasteiger partial charge in [0.1, 0.15) is 11.4 Å². The normalized spacial score (nSPS) is 14.5. The van der Waals surface area contributed by atoms with E-state index in [0.717, 1.165) is 12.1 Å². The summed E-state index contributed by atoms with van der Waals surface area (Å²) in [4.78, 5) is 15.9. The van der Waals surface area contributed by atoms with E-state index in [0.29, 0.717) is 12.1 Å². The maximum atomic E-state index is 14.5. The lowest BCUT2D eigenvalue weighted by Gasteiger charge is -2.48. The van der Waals surface area contributed by atoms with E-state index in [1.165, 1.54) is 17.0 Å². The number of nitrogens with zero attached hydrogens (tertiary/aromatic N) is 2. The highest BCUT2D eigenvalue weighted by Crippen LogP contribution is 2.31. The molecule has 0 bridgehead atoms. The maximum absolute atomic E-state index is 14.5. The topological polar surface area (TPSA) is 76.0 Å². The molecule has 1 aliphatic rings. The van der Waals surface area contributed by atoms with Crippen molar-refractivity contribution < 1.29 is 28.2 Å². The number of likely N-dealkylation sites (tertiary alicyclic amines) is 1. The smallest absolute Gasteiger partial charge is 0.256 e. The van der Waals surface area contributed by atoms with Crippen molar-refractivity contribution in [2.75, 3.05) is 45.2 Å². The molecule has 2 aromatic rings. The molecule has 3 N–H and O–H groups in total. The van der Waals surface area contributed by atoms with E-state index in [4.69, 9.17) is 5.11 Å². The molecule has 0 atom stereocenters.